The molecule has 1 aromatic heterocycles. The molecule has 1 heterocycles. The van der Waals surface area contributed by atoms with Crippen molar-refractivity contribution in [2.45, 2.75) is 26.2 Å². The molecular formula is C10H14O. The number of hydrogen-bond donors (Lipinski definition) is 0. The van der Waals surface area contributed by atoms with E-state index in [-0.39, 0.29) is 0 Å². The molecule has 0 saturated heterocycles. The Morgan fingerprint density at radius 2 is 2.36 bits per heavy atom. The Bertz CT molecular complexity index is 197. The van der Waals surface area contributed by atoms with E-state index < -0.39 is 0 Å². The van der Waals surface area contributed by atoms with Crippen LogP contribution < -0.4 is 0 Å². The van der Waals surface area contributed by atoms with Crippen LogP contribution in [0.15, 0.2) is 35.0 Å². The minimum absolute atomic E-state index is 0.924. The zero-order valence-electron chi connectivity index (χ0n) is 6.92. The van der Waals surface area contributed by atoms with E-state index >= 15 is 0 Å². The van der Waals surface area contributed by atoms with Crippen LogP contribution >= 0.6 is 0 Å². The third kappa shape index (κ3) is 3.08. The summed E-state index contributed by atoms with van der Waals surface area (Å²) in [5.74, 6) is 1.04. The second-order valence-corrected chi connectivity index (χ2v) is 2.54. The molecule has 0 radical (unpaired) electrons. The Morgan fingerprint density at radius 1 is 1.45 bits per heavy atom. The molecule has 60 valence electrons. The number of unbranched alkanes of at least 4 members (excludes halogenated alkanes) is 1. The van der Waals surface area contributed by atoms with Crippen LogP contribution in [0.2, 0.25) is 0 Å². The van der Waals surface area contributed by atoms with E-state index in [0.717, 1.165) is 12.2 Å². The highest BCUT2D eigenvalue weighted by molar-refractivity contribution is 5.03. The van der Waals surface area contributed by atoms with Gasteiger partial charge < -0.3 is 4.42 Å². The minimum Gasteiger partial charge on any atom is -0.469 e. The highest BCUT2D eigenvalue weighted by Crippen LogP contribution is 2.01. The van der Waals surface area contributed by atoms with Gasteiger partial charge >= 0.3 is 0 Å². The molecule has 0 saturated carbocycles. The molecule has 0 amide bonds. The molecule has 1 nitrogen and oxygen atoms in total. The minimum atomic E-state index is 0.924. The maximum Gasteiger partial charge on any atom is 0.107 e. The largest absolute Gasteiger partial charge is 0.469 e. The quantitative estimate of drug-likeness (QED) is 0.601. The Labute approximate surface area is 67.7 Å². The summed E-state index contributed by atoms with van der Waals surface area (Å²) < 4.78 is 5.16. The first kappa shape index (κ1) is 8.12. The molecule has 0 aliphatic heterocycles. The SMILES string of the molecule is CCC/C=C/Cc1ccco1. The molecule has 0 aromatic carbocycles. The summed E-state index contributed by atoms with van der Waals surface area (Å²) in [5.41, 5.74) is 0. The van der Waals surface area contributed by atoms with Gasteiger partial charge in [0.25, 0.3) is 0 Å². The second-order valence-electron chi connectivity index (χ2n) is 2.54. The monoisotopic (exact) mass is 150 g/mol. The van der Waals surface area contributed by atoms with Gasteiger partial charge in [-0.15, -0.1) is 0 Å². The normalized spacial score (nSPS) is 11.0. The molecule has 0 N–H and O–H groups in total. The molecule has 0 spiro atoms. The molecule has 11 heavy (non-hydrogen) atoms. The van der Waals surface area contributed by atoms with Crippen molar-refractivity contribution in [1.82, 2.24) is 0 Å². The Balaban J connectivity index is 2.23. The van der Waals surface area contributed by atoms with E-state index in [2.05, 4.69) is 19.1 Å². The molecule has 0 unspecified atom stereocenters. The molecule has 0 aliphatic rings. The van der Waals surface area contributed by atoms with Gasteiger partial charge in [0, 0.05) is 6.42 Å². The highest BCUT2D eigenvalue weighted by atomic mass is 16.3. The predicted molar refractivity (Wildman–Crippen MR) is 46.5 cm³/mol. The lowest BCUT2D eigenvalue weighted by Crippen LogP contribution is -1.73. The number of rotatable bonds is 4. The Kier molecular flexibility index (Phi) is 3.53. The molecular weight excluding hydrogens is 136 g/mol. The summed E-state index contributed by atoms with van der Waals surface area (Å²) >= 11 is 0. The van der Waals surface area contributed by atoms with Gasteiger partial charge in [-0.05, 0) is 18.6 Å². The maximum atomic E-state index is 5.16. The van der Waals surface area contributed by atoms with E-state index in [1.807, 2.05) is 12.1 Å². The van der Waals surface area contributed by atoms with Gasteiger partial charge in [-0.25, -0.2) is 0 Å². The molecule has 0 bridgehead atoms. The van der Waals surface area contributed by atoms with Crippen LogP contribution in [0.5, 0.6) is 0 Å². The third-order valence-corrected chi connectivity index (χ3v) is 1.52. The molecule has 0 fully saturated rings. The van der Waals surface area contributed by atoms with Crippen molar-refractivity contribution in [2.24, 2.45) is 0 Å². The summed E-state index contributed by atoms with van der Waals surface area (Å²) in [6, 6.07) is 3.92. The molecule has 0 aliphatic carbocycles. The summed E-state index contributed by atoms with van der Waals surface area (Å²) in [7, 11) is 0. The summed E-state index contributed by atoms with van der Waals surface area (Å²) in [6.45, 7) is 2.18. The van der Waals surface area contributed by atoms with E-state index in [0.29, 0.717) is 0 Å². The van der Waals surface area contributed by atoms with Crippen molar-refractivity contribution in [3.05, 3.63) is 36.3 Å². The van der Waals surface area contributed by atoms with Gasteiger partial charge in [-0.1, -0.05) is 25.5 Å². The first-order valence-corrected chi connectivity index (χ1v) is 4.11. The number of hydrogen-bond acceptors (Lipinski definition) is 1. The molecule has 0 atom stereocenters. The van der Waals surface area contributed by atoms with Crippen LogP contribution in [0.4, 0.5) is 0 Å². The van der Waals surface area contributed by atoms with E-state index in [4.69, 9.17) is 4.42 Å². The van der Waals surface area contributed by atoms with Crippen LogP contribution in [-0.2, 0) is 6.42 Å². The number of furan rings is 1. The summed E-state index contributed by atoms with van der Waals surface area (Å²) in [5, 5.41) is 0. The van der Waals surface area contributed by atoms with E-state index in [1.54, 1.807) is 6.26 Å². The fourth-order valence-corrected chi connectivity index (χ4v) is 0.913. The standard InChI is InChI=1S/C10H14O/c1-2-3-4-5-7-10-8-6-9-11-10/h4-6,8-9H,2-3,7H2,1H3/b5-4+. The lowest BCUT2D eigenvalue weighted by atomic mass is 10.2. The fraction of sp³-hybridized carbons (Fsp3) is 0.400. The van der Waals surface area contributed by atoms with Crippen LogP contribution in [0.1, 0.15) is 25.5 Å². The maximum absolute atomic E-state index is 5.16. The first-order chi connectivity index (χ1) is 5.43. The van der Waals surface area contributed by atoms with Gasteiger partial charge in [0.15, 0.2) is 0 Å². The van der Waals surface area contributed by atoms with Crippen molar-refractivity contribution in [3.63, 3.8) is 0 Å². The Hall–Kier alpha value is -0.980. The van der Waals surface area contributed by atoms with Crippen LogP contribution in [0.25, 0.3) is 0 Å². The van der Waals surface area contributed by atoms with E-state index in [9.17, 15) is 0 Å². The smallest absolute Gasteiger partial charge is 0.107 e. The molecule has 1 rings (SSSR count). The molecule has 1 aromatic rings. The van der Waals surface area contributed by atoms with Gasteiger partial charge in [-0.3, -0.25) is 0 Å². The zero-order chi connectivity index (χ0) is 7.94. The van der Waals surface area contributed by atoms with Gasteiger partial charge in [0.1, 0.15) is 5.76 Å². The highest BCUT2D eigenvalue weighted by Gasteiger charge is 1.88. The number of allylic oxidation sites excluding steroid dienone is 2. The Morgan fingerprint density at radius 3 is 3.00 bits per heavy atom. The summed E-state index contributed by atoms with van der Waals surface area (Å²) in [4.78, 5) is 0. The van der Waals surface area contributed by atoms with Crippen molar-refractivity contribution in [1.29, 1.82) is 0 Å². The lowest BCUT2D eigenvalue weighted by Gasteiger charge is -1.86. The zero-order valence-corrected chi connectivity index (χ0v) is 6.92. The van der Waals surface area contributed by atoms with Gasteiger partial charge in [0.2, 0.25) is 0 Å². The fourth-order valence-electron chi connectivity index (χ4n) is 0.913. The van der Waals surface area contributed by atoms with E-state index in [1.165, 1.54) is 12.8 Å². The predicted octanol–water partition coefficient (Wildman–Crippen LogP) is 3.18. The van der Waals surface area contributed by atoms with Crippen molar-refractivity contribution in [3.8, 4) is 0 Å². The van der Waals surface area contributed by atoms with Crippen LogP contribution in [0, 0.1) is 0 Å². The van der Waals surface area contributed by atoms with Crippen LogP contribution in [-0.4, -0.2) is 0 Å². The molecule has 1 heteroatoms. The van der Waals surface area contributed by atoms with Crippen molar-refractivity contribution in [2.75, 3.05) is 0 Å². The van der Waals surface area contributed by atoms with Crippen molar-refractivity contribution >= 4 is 0 Å². The van der Waals surface area contributed by atoms with Crippen molar-refractivity contribution < 1.29 is 4.42 Å². The lowest BCUT2D eigenvalue weighted by molar-refractivity contribution is 0.523. The van der Waals surface area contributed by atoms with Crippen LogP contribution in [0.3, 0.4) is 0 Å². The van der Waals surface area contributed by atoms with Gasteiger partial charge in [-0.2, -0.15) is 0 Å². The second kappa shape index (κ2) is 4.78. The summed E-state index contributed by atoms with van der Waals surface area (Å²) in [6.07, 6.45) is 9.37. The average Bonchev–Trinajstić information content (AvgIpc) is 2.50. The topological polar surface area (TPSA) is 13.1 Å². The average molecular weight is 150 g/mol. The first-order valence-electron chi connectivity index (χ1n) is 4.11. The third-order valence-electron chi connectivity index (χ3n) is 1.52. The van der Waals surface area contributed by atoms with Gasteiger partial charge in [0.05, 0.1) is 6.26 Å².